The van der Waals surface area contributed by atoms with Gasteiger partial charge in [-0.05, 0) is 19.1 Å². The number of hydrogen-bond donors (Lipinski definition) is 0. The van der Waals surface area contributed by atoms with Crippen molar-refractivity contribution in [2.45, 2.75) is 6.92 Å². The van der Waals surface area contributed by atoms with E-state index < -0.39 is 0 Å². The molecule has 0 bridgehead atoms. The van der Waals surface area contributed by atoms with Gasteiger partial charge in [0.1, 0.15) is 5.76 Å². The summed E-state index contributed by atoms with van der Waals surface area (Å²) in [6.07, 6.45) is 1.60. The average molecular weight is 161 g/mol. The van der Waals surface area contributed by atoms with Crippen molar-refractivity contribution < 1.29 is 4.42 Å². The van der Waals surface area contributed by atoms with E-state index >= 15 is 0 Å². The second kappa shape index (κ2) is 2.44. The van der Waals surface area contributed by atoms with Crippen LogP contribution in [0.5, 0.6) is 0 Å². The second-order valence-corrected chi connectivity index (χ2v) is 2.58. The van der Waals surface area contributed by atoms with E-state index in [1.807, 2.05) is 0 Å². The van der Waals surface area contributed by atoms with Crippen molar-refractivity contribution in [2.75, 3.05) is 0 Å². The van der Waals surface area contributed by atoms with Gasteiger partial charge in [0, 0.05) is 12.3 Å². The maximum Gasteiger partial charge on any atom is 0.229 e. The van der Waals surface area contributed by atoms with Crippen LogP contribution in [0.25, 0.3) is 11.1 Å². The summed E-state index contributed by atoms with van der Waals surface area (Å²) in [7, 11) is 0. The predicted octanol–water partition coefficient (Wildman–Crippen LogP) is 1.50. The maximum atomic E-state index is 11.3. The van der Waals surface area contributed by atoms with Crippen molar-refractivity contribution in [1.29, 1.82) is 0 Å². The maximum absolute atomic E-state index is 11.3. The molecule has 2 heterocycles. The third-order valence-electron chi connectivity index (χ3n) is 1.63. The molecule has 0 fully saturated rings. The Bertz CT molecular complexity index is 473. The van der Waals surface area contributed by atoms with Crippen molar-refractivity contribution in [3.63, 3.8) is 0 Å². The molecule has 3 heteroatoms. The van der Waals surface area contributed by atoms with E-state index in [0.29, 0.717) is 16.9 Å². The van der Waals surface area contributed by atoms with Crippen LogP contribution < -0.4 is 5.43 Å². The van der Waals surface area contributed by atoms with E-state index in [4.69, 9.17) is 4.42 Å². The number of fused-ring (bicyclic) bond motifs is 1. The first-order valence-corrected chi connectivity index (χ1v) is 3.63. The minimum atomic E-state index is -0.0400. The van der Waals surface area contributed by atoms with Crippen LogP contribution in [0, 0.1) is 6.92 Å². The van der Waals surface area contributed by atoms with Crippen LogP contribution in [-0.2, 0) is 0 Å². The number of pyridine rings is 1. The van der Waals surface area contributed by atoms with Gasteiger partial charge in [-0.25, -0.2) is 4.98 Å². The molecule has 3 nitrogen and oxygen atoms in total. The lowest BCUT2D eigenvalue weighted by atomic mass is 10.3. The highest BCUT2D eigenvalue weighted by Gasteiger charge is 2.00. The van der Waals surface area contributed by atoms with Crippen LogP contribution in [0.4, 0.5) is 0 Å². The van der Waals surface area contributed by atoms with Crippen molar-refractivity contribution in [1.82, 2.24) is 4.98 Å². The molecule has 0 saturated heterocycles. The molecule has 2 aromatic heterocycles. The number of hydrogen-bond acceptors (Lipinski definition) is 3. The summed E-state index contributed by atoms with van der Waals surface area (Å²) < 4.78 is 5.23. The summed E-state index contributed by atoms with van der Waals surface area (Å²) in [5.41, 5.74) is 0.365. The molecule has 0 atom stereocenters. The van der Waals surface area contributed by atoms with E-state index in [9.17, 15) is 4.79 Å². The Morgan fingerprint density at radius 2 is 2.33 bits per heavy atom. The van der Waals surface area contributed by atoms with Gasteiger partial charge in [-0.2, -0.15) is 0 Å². The van der Waals surface area contributed by atoms with E-state index in [1.165, 1.54) is 6.07 Å². The van der Waals surface area contributed by atoms with Crippen molar-refractivity contribution in [3.8, 4) is 0 Å². The molecule has 0 amide bonds. The number of aryl methyl sites for hydroxylation is 1. The van der Waals surface area contributed by atoms with Gasteiger partial charge in [0.2, 0.25) is 5.71 Å². The lowest BCUT2D eigenvalue weighted by Crippen LogP contribution is -2.00. The molecule has 0 aromatic carbocycles. The monoisotopic (exact) mass is 161 g/mol. The fraction of sp³-hybridized carbons (Fsp3) is 0.111. The molecular formula is C9H7NO2. The Morgan fingerprint density at radius 1 is 1.50 bits per heavy atom. The van der Waals surface area contributed by atoms with Gasteiger partial charge in [-0.1, -0.05) is 0 Å². The van der Waals surface area contributed by atoms with Gasteiger partial charge in [0.15, 0.2) is 5.43 Å². The van der Waals surface area contributed by atoms with Gasteiger partial charge < -0.3 is 4.42 Å². The largest absolute Gasteiger partial charge is 0.443 e. The van der Waals surface area contributed by atoms with Crippen LogP contribution in [0.3, 0.4) is 0 Å². The van der Waals surface area contributed by atoms with E-state index in [1.54, 1.807) is 25.3 Å². The molecule has 0 spiro atoms. The molecule has 60 valence electrons. The molecule has 0 N–H and O–H groups in total. The quantitative estimate of drug-likeness (QED) is 0.588. The summed E-state index contributed by atoms with van der Waals surface area (Å²) in [5.74, 6) is 0.589. The lowest BCUT2D eigenvalue weighted by molar-refractivity contribution is 0.553. The summed E-state index contributed by atoms with van der Waals surface area (Å²) in [6.45, 7) is 1.73. The molecule has 12 heavy (non-hydrogen) atoms. The third kappa shape index (κ3) is 0.993. The summed E-state index contributed by atoms with van der Waals surface area (Å²) in [5, 5.41) is 0.531. The SMILES string of the molecule is Cc1cc(=O)c2cccnc2o1. The standard InChI is InChI=1S/C9H7NO2/c1-6-5-8(11)7-3-2-4-10-9(7)12-6/h2-5H,1H3. The van der Waals surface area contributed by atoms with Gasteiger partial charge in [-0.15, -0.1) is 0 Å². The second-order valence-electron chi connectivity index (χ2n) is 2.58. The molecule has 0 saturated carbocycles. The fourth-order valence-electron chi connectivity index (χ4n) is 1.10. The Labute approximate surface area is 68.7 Å². The smallest absolute Gasteiger partial charge is 0.229 e. The first-order valence-electron chi connectivity index (χ1n) is 3.63. The van der Waals surface area contributed by atoms with E-state index in [2.05, 4.69) is 4.98 Å². The first-order chi connectivity index (χ1) is 5.77. The van der Waals surface area contributed by atoms with Crippen molar-refractivity contribution in [3.05, 3.63) is 40.4 Å². The molecule has 2 rings (SSSR count). The normalized spacial score (nSPS) is 10.4. The minimum absolute atomic E-state index is 0.0400. The van der Waals surface area contributed by atoms with Crippen molar-refractivity contribution >= 4 is 11.1 Å². The Kier molecular flexibility index (Phi) is 1.43. The molecule has 0 aliphatic carbocycles. The van der Waals surface area contributed by atoms with Gasteiger partial charge >= 0.3 is 0 Å². The highest BCUT2D eigenvalue weighted by atomic mass is 16.3. The molecule has 0 radical (unpaired) electrons. The topological polar surface area (TPSA) is 43.1 Å². The van der Waals surface area contributed by atoms with Crippen LogP contribution in [0.1, 0.15) is 5.76 Å². The highest BCUT2D eigenvalue weighted by molar-refractivity contribution is 5.71. The molecule has 0 aliphatic heterocycles. The molecule has 0 unspecified atom stereocenters. The van der Waals surface area contributed by atoms with E-state index in [-0.39, 0.29) is 5.43 Å². The number of nitrogens with zero attached hydrogens (tertiary/aromatic N) is 1. The summed E-state index contributed by atoms with van der Waals surface area (Å²) in [4.78, 5) is 15.2. The Hall–Kier alpha value is -1.64. The van der Waals surface area contributed by atoms with E-state index in [0.717, 1.165) is 0 Å². The fourth-order valence-corrected chi connectivity index (χ4v) is 1.10. The highest BCUT2D eigenvalue weighted by Crippen LogP contribution is 2.06. The number of aromatic nitrogens is 1. The Morgan fingerprint density at radius 3 is 3.17 bits per heavy atom. The van der Waals surface area contributed by atoms with Crippen LogP contribution in [0.2, 0.25) is 0 Å². The predicted molar refractivity (Wildman–Crippen MR) is 45.0 cm³/mol. The summed E-state index contributed by atoms with van der Waals surface area (Å²) in [6, 6.07) is 4.88. The molecular weight excluding hydrogens is 154 g/mol. The number of rotatable bonds is 0. The lowest BCUT2D eigenvalue weighted by Gasteiger charge is -1.94. The molecule has 0 aliphatic rings. The Balaban J connectivity index is 2.99. The third-order valence-corrected chi connectivity index (χ3v) is 1.63. The van der Waals surface area contributed by atoms with Gasteiger partial charge in [0.05, 0.1) is 5.39 Å². The zero-order chi connectivity index (χ0) is 8.55. The molecule has 2 aromatic rings. The van der Waals surface area contributed by atoms with Gasteiger partial charge in [-0.3, -0.25) is 4.79 Å². The van der Waals surface area contributed by atoms with Crippen LogP contribution >= 0.6 is 0 Å². The first kappa shape index (κ1) is 7.03. The van der Waals surface area contributed by atoms with Crippen LogP contribution in [-0.4, -0.2) is 4.98 Å². The van der Waals surface area contributed by atoms with Crippen molar-refractivity contribution in [2.24, 2.45) is 0 Å². The zero-order valence-corrected chi connectivity index (χ0v) is 6.57. The average Bonchev–Trinajstić information content (AvgIpc) is 2.04. The minimum Gasteiger partial charge on any atom is -0.443 e. The van der Waals surface area contributed by atoms with Crippen LogP contribution in [0.15, 0.2) is 33.6 Å². The zero-order valence-electron chi connectivity index (χ0n) is 6.57. The summed E-state index contributed by atoms with van der Waals surface area (Å²) >= 11 is 0. The van der Waals surface area contributed by atoms with Gasteiger partial charge in [0.25, 0.3) is 0 Å².